The molecule has 2 heterocycles. The van der Waals surface area contributed by atoms with Gasteiger partial charge in [0.2, 0.25) is 5.91 Å². The highest BCUT2D eigenvalue weighted by atomic mass is 19.1. The van der Waals surface area contributed by atoms with E-state index in [1.165, 1.54) is 6.07 Å². The maximum atomic E-state index is 14.1. The second kappa shape index (κ2) is 8.68. The lowest BCUT2D eigenvalue weighted by Crippen LogP contribution is -2.66. The number of nitrogens with one attached hydrogen (secondary N) is 1. The summed E-state index contributed by atoms with van der Waals surface area (Å²) in [7, 11) is 3.69. The molecular weight excluding hydrogens is 373 g/mol. The molecule has 2 aliphatic heterocycles. The smallest absolute Gasteiger partial charge is 0.234 e. The number of hydrogen-bond donors (Lipinski definition) is 2. The van der Waals surface area contributed by atoms with Gasteiger partial charge in [-0.3, -0.25) is 9.69 Å². The van der Waals surface area contributed by atoms with E-state index in [-0.39, 0.29) is 30.5 Å². The van der Waals surface area contributed by atoms with Gasteiger partial charge in [-0.1, -0.05) is 17.7 Å². The number of halogens is 1. The molecule has 2 fully saturated rings. The number of ether oxygens (including phenoxy) is 1. The maximum Gasteiger partial charge on any atom is 0.234 e. The van der Waals surface area contributed by atoms with Gasteiger partial charge >= 0.3 is 0 Å². The molecular formula is C22H34FN3O3. The van der Waals surface area contributed by atoms with Crippen molar-refractivity contribution in [3.63, 3.8) is 0 Å². The number of amides is 1. The molecule has 2 N–H and O–H groups in total. The first-order chi connectivity index (χ1) is 13.6. The summed E-state index contributed by atoms with van der Waals surface area (Å²) in [6, 6.07) is 5.23. The minimum absolute atomic E-state index is 0.0963. The molecule has 1 aromatic carbocycles. The van der Waals surface area contributed by atoms with Crippen LogP contribution in [0.15, 0.2) is 18.2 Å². The van der Waals surface area contributed by atoms with Crippen molar-refractivity contribution in [3.8, 4) is 0 Å². The molecule has 3 rings (SSSR count). The van der Waals surface area contributed by atoms with Crippen molar-refractivity contribution >= 4 is 5.91 Å². The number of benzene rings is 1. The predicted octanol–water partition coefficient (Wildman–Crippen LogP) is 1.69. The van der Waals surface area contributed by atoms with Gasteiger partial charge in [0.25, 0.3) is 0 Å². The highest BCUT2D eigenvalue weighted by molar-refractivity contribution is 5.78. The van der Waals surface area contributed by atoms with Gasteiger partial charge in [0.05, 0.1) is 24.3 Å². The summed E-state index contributed by atoms with van der Waals surface area (Å²) in [6.07, 6.45) is 1.43. The summed E-state index contributed by atoms with van der Waals surface area (Å²) >= 11 is 0. The molecule has 0 radical (unpaired) electrons. The zero-order valence-electron chi connectivity index (χ0n) is 18.0. The molecule has 0 aromatic heterocycles. The van der Waals surface area contributed by atoms with Crippen molar-refractivity contribution in [2.75, 3.05) is 40.3 Å². The SMILES string of the molecule is Cc1ccc(F)c(CN2CCC3(CC2)C[C@@](C)(NC(=O)CN(C)C)[C@H](O)CO3)c1. The van der Waals surface area contributed by atoms with E-state index < -0.39 is 11.6 Å². The number of aliphatic hydroxyl groups is 1. The third kappa shape index (κ3) is 5.34. The number of nitrogens with zero attached hydrogens (tertiary/aromatic N) is 2. The molecule has 7 heteroatoms. The lowest BCUT2D eigenvalue weighted by molar-refractivity contribution is -0.181. The Morgan fingerprint density at radius 3 is 2.72 bits per heavy atom. The van der Waals surface area contributed by atoms with E-state index in [1.807, 2.05) is 38.9 Å². The van der Waals surface area contributed by atoms with Crippen LogP contribution in [-0.2, 0) is 16.1 Å². The van der Waals surface area contributed by atoms with Crippen LogP contribution >= 0.6 is 0 Å². The van der Waals surface area contributed by atoms with Crippen LogP contribution < -0.4 is 5.32 Å². The molecule has 0 bridgehead atoms. The molecule has 0 saturated carbocycles. The number of carbonyl (C=O) groups is 1. The fourth-order valence-electron chi connectivity index (χ4n) is 4.56. The topological polar surface area (TPSA) is 65.0 Å². The first-order valence-electron chi connectivity index (χ1n) is 10.4. The molecule has 2 aliphatic rings. The van der Waals surface area contributed by atoms with Crippen LogP contribution in [0.2, 0.25) is 0 Å². The summed E-state index contributed by atoms with van der Waals surface area (Å²) in [5.74, 6) is -0.259. The Morgan fingerprint density at radius 2 is 2.07 bits per heavy atom. The fraction of sp³-hybridized carbons (Fsp3) is 0.682. The number of hydrogen-bond acceptors (Lipinski definition) is 5. The fourth-order valence-corrected chi connectivity index (χ4v) is 4.56. The Labute approximate surface area is 173 Å². The lowest BCUT2D eigenvalue weighted by atomic mass is 9.74. The Hall–Kier alpha value is -1.54. The van der Waals surface area contributed by atoms with E-state index in [1.54, 1.807) is 6.07 Å². The second-order valence-corrected chi connectivity index (χ2v) is 9.26. The minimum atomic E-state index is -0.737. The number of piperidine rings is 1. The number of likely N-dealkylation sites (tertiary alicyclic amines) is 1. The van der Waals surface area contributed by atoms with E-state index in [0.29, 0.717) is 13.0 Å². The monoisotopic (exact) mass is 407 g/mol. The number of aliphatic hydroxyl groups excluding tert-OH is 1. The number of carbonyl (C=O) groups excluding carboxylic acids is 1. The van der Waals surface area contributed by atoms with Gasteiger partial charge in [-0.25, -0.2) is 4.39 Å². The first kappa shape index (κ1) is 22.2. The quantitative estimate of drug-likeness (QED) is 0.778. The van der Waals surface area contributed by atoms with Crippen LogP contribution in [0.1, 0.15) is 37.3 Å². The predicted molar refractivity (Wildman–Crippen MR) is 110 cm³/mol. The van der Waals surface area contributed by atoms with Crippen LogP contribution in [0.25, 0.3) is 0 Å². The van der Waals surface area contributed by atoms with E-state index in [2.05, 4.69) is 10.2 Å². The van der Waals surface area contributed by atoms with Crippen LogP contribution in [0.3, 0.4) is 0 Å². The van der Waals surface area contributed by atoms with Crippen molar-refractivity contribution in [3.05, 3.63) is 35.1 Å². The Kier molecular flexibility index (Phi) is 6.63. The number of likely N-dealkylation sites (N-methyl/N-ethyl adjacent to an activating group) is 1. The molecule has 1 aromatic rings. The molecule has 2 saturated heterocycles. The number of aryl methyl sites for hydroxylation is 1. The van der Waals surface area contributed by atoms with E-state index in [9.17, 15) is 14.3 Å². The molecule has 0 unspecified atom stereocenters. The van der Waals surface area contributed by atoms with Crippen molar-refractivity contribution in [2.24, 2.45) is 0 Å². The van der Waals surface area contributed by atoms with Crippen LogP contribution in [0.5, 0.6) is 0 Å². The zero-order valence-corrected chi connectivity index (χ0v) is 18.0. The van der Waals surface area contributed by atoms with Crippen LogP contribution in [0.4, 0.5) is 4.39 Å². The van der Waals surface area contributed by atoms with Gasteiger partial charge in [0.1, 0.15) is 11.9 Å². The van der Waals surface area contributed by atoms with E-state index >= 15 is 0 Å². The Balaban J connectivity index is 1.62. The van der Waals surface area contributed by atoms with Gasteiger partial charge in [-0.2, -0.15) is 0 Å². The van der Waals surface area contributed by atoms with Gasteiger partial charge in [0, 0.05) is 31.6 Å². The first-order valence-corrected chi connectivity index (χ1v) is 10.4. The Bertz CT molecular complexity index is 734. The molecule has 2 atom stereocenters. The molecule has 0 aliphatic carbocycles. The normalized spacial score (nSPS) is 27.3. The maximum absolute atomic E-state index is 14.1. The average molecular weight is 408 g/mol. The van der Waals surface area contributed by atoms with Crippen molar-refractivity contribution in [2.45, 2.75) is 56.9 Å². The summed E-state index contributed by atoms with van der Waals surface area (Å²) < 4.78 is 20.2. The molecule has 29 heavy (non-hydrogen) atoms. The highest BCUT2D eigenvalue weighted by Crippen LogP contribution is 2.40. The largest absolute Gasteiger partial charge is 0.388 e. The Morgan fingerprint density at radius 1 is 1.38 bits per heavy atom. The summed E-state index contributed by atoms with van der Waals surface area (Å²) in [6.45, 7) is 6.56. The number of rotatable bonds is 5. The summed E-state index contributed by atoms with van der Waals surface area (Å²) in [5.41, 5.74) is 0.711. The van der Waals surface area contributed by atoms with Gasteiger partial charge in [0.15, 0.2) is 0 Å². The van der Waals surface area contributed by atoms with Crippen molar-refractivity contribution in [1.29, 1.82) is 0 Å². The second-order valence-electron chi connectivity index (χ2n) is 9.26. The molecule has 1 spiro atoms. The van der Waals surface area contributed by atoms with Gasteiger partial charge in [-0.15, -0.1) is 0 Å². The van der Waals surface area contributed by atoms with E-state index in [4.69, 9.17) is 4.74 Å². The minimum Gasteiger partial charge on any atom is -0.388 e. The van der Waals surface area contributed by atoms with Crippen LogP contribution in [-0.4, -0.2) is 78.4 Å². The van der Waals surface area contributed by atoms with Crippen molar-refractivity contribution in [1.82, 2.24) is 15.1 Å². The zero-order chi connectivity index (χ0) is 21.2. The van der Waals surface area contributed by atoms with Gasteiger partial charge < -0.3 is 20.1 Å². The third-order valence-corrected chi connectivity index (χ3v) is 6.22. The molecule has 6 nitrogen and oxygen atoms in total. The summed E-state index contributed by atoms with van der Waals surface area (Å²) in [5, 5.41) is 13.6. The molecule has 162 valence electrons. The third-order valence-electron chi connectivity index (χ3n) is 6.22. The van der Waals surface area contributed by atoms with E-state index in [0.717, 1.165) is 37.1 Å². The molecule has 1 amide bonds. The lowest BCUT2D eigenvalue weighted by Gasteiger charge is -2.52. The van der Waals surface area contributed by atoms with Crippen LogP contribution in [0, 0.1) is 12.7 Å². The standard InChI is InChI=1S/C22H34FN3O3/c1-16-5-6-18(23)17(11-16)12-26-9-7-22(8-10-26)15-21(2,19(27)14-29-22)24-20(28)13-25(3)4/h5-6,11,19,27H,7-10,12-15H2,1-4H3,(H,24,28)/t19-,21-/m1/s1. The summed E-state index contributed by atoms with van der Waals surface area (Å²) in [4.78, 5) is 16.4. The van der Waals surface area contributed by atoms with Gasteiger partial charge in [-0.05, 0) is 46.9 Å². The highest BCUT2D eigenvalue weighted by Gasteiger charge is 2.50. The average Bonchev–Trinajstić information content (AvgIpc) is 2.63. The van der Waals surface area contributed by atoms with Crippen molar-refractivity contribution < 1.29 is 19.0 Å².